The van der Waals surface area contributed by atoms with Gasteiger partial charge >= 0.3 is 5.97 Å². The summed E-state index contributed by atoms with van der Waals surface area (Å²) in [5.74, 6) is -1.43. The SMILES string of the molecule is CC1(C)COC(=O)[C@@H](Cc2ccccc2)CC=CC[C@H](CC(=O)N2CCC[C@H]2CO)C(=O)N1. The highest BCUT2D eigenvalue weighted by Crippen LogP contribution is 2.23. The van der Waals surface area contributed by atoms with E-state index in [0.29, 0.717) is 25.8 Å². The van der Waals surface area contributed by atoms with Gasteiger partial charge in [-0.2, -0.15) is 0 Å². The van der Waals surface area contributed by atoms with E-state index < -0.39 is 11.5 Å². The molecule has 1 aromatic rings. The van der Waals surface area contributed by atoms with Gasteiger partial charge in [0.05, 0.1) is 30.0 Å². The summed E-state index contributed by atoms with van der Waals surface area (Å²) < 4.78 is 5.60. The molecule has 2 heterocycles. The average molecular weight is 457 g/mol. The molecule has 2 aliphatic rings. The highest BCUT2D eigenvalue weighted by molar-refractivity contribution is 5.86. The summed E-state index contributed by atoms with van der Waals surface area (Å²) in [6.45, 7) is 4.26. The summed E-state index contributed by atoms with van der Waals surface area (Å²) in [6.07, 6.45) is 7.07. The Kier molecular flexibility index (Phi) is 8.67. The van der Waals surface area contributed by atoms with E-state index >= 15 is 0 Å². The predicted molar refractivity (Wildman–Crippen MR) is 125 cm³/mol. The molecule has 3 rings (SSSR count). The zero-order valence-electron chi connectivity index (χ0n) is 19.7. The summed E-state index contributed by atoms with van der Waals surface area (Å²) in [4.78, 5) is 40.4. The molecule has 1 fully saturated rings. The van der Waals surface area contributed by atoms with Gasteiger partial charge in [0.25, 0.3) is 0 Å². The van der Waals surface area contributed by atoms with Gasteiger partial charge in [0, 0.05) is 13.0 Å². The molecule has 7 heteroatoms. The molecule has 0 aliphatic carbocycles. The van der Waals surface area contributed by atoms with Crippen molar-refractivity contribution in [2.45, 2.75) is 64.0 Å². The molecule has 2 aliphatic heterocycles. The largest absolute Gasteiger partial charge is 0.463 e. The van der Waals surface area contributed by atoms with Crippen molar-refractivity contribution < 1.29 is 24.2 Å². The fourth-order valence-electron chi connectivity index (χ4n) is 4.49. The summed E-state index contributed by atoms with van der Waals surface area (Å²) in [5, 5.41) is 12.5. The lowest BCUT2D eigenvalue weighted by molar-refractivity contribution is -0.151. The molecule has 33 heavy (non-hydrogen) atoms. The van der Waals surface area contributed by atoms with E-state index in [4.69, 9.17) is 4.74 Å². The molecule has 2 amide bonds. The summed E-state index contributed by atoms with van der Waals surface area (Å²) in [6, 6.07) is 9.69. The molecule has 1 aromatic carbocycles. The van der Waals surface area contributed by atoms with Gasteiger partial charge in [-0.25, -0.2) is 0 Å². The molecular formula is C26H36N2O5. The van der Waals surface area contributed by atoms with E-state index in [2.05, 4.69) is 5.32 Å². The number of benzene rings is 1. The second-order valence-electron chi connectivity index (χ2n) is 9.78. The lowest BCUT2D eigenvalue weighted by Gasteiger charge is -2.30. The third kappa shape index (κ3) is 7.16. The van der Waals surface area contributed by atoms with Crippen LogP contribution in [0.15, 0.2) is 42.5 Å². The van der Waals surface area contributed by atoms with Crippen molar-refractivity contribution in [1.82, 2.24) is 10.2 Å². The van der Waals surface area contributed by atoms with Crippen molar-refractivity contribution in [3.63, 3.8) is 0 Å². The van der Waals surface area contributed by atoms with Crippen molar-refractivity contribution in [3.05, 3.63) is 48.0 Å². The fraction of sp³-hybridized carbons (Fsp3) is 0.577. The number of rotatable bonds is 5. The zero-order valence-corrected chi connectivity index (χ0v) is 19.7. The number of aliphatic hydroxyl groups excluding tert-OH is 1. The molecule has 2 N–H and O–H groups in total. The van der Waals surface area contributed by atoms with Gasteiger partial charge < -0.3 is 20.1 Å². The van der Waals surface area contributed by atoms with Crippen molar-refractivity contribution in [3.8, 4) is 0 Å². The van der Waals surface area contributed by atoms with Gasteiger partial charge in [-0.15, -0.1) is 0 Å². The van der Waals surface area contributed by atoms with Crippen LogP contribution in [0.4, 0.5) is 0 Å². The Morgan fingerprint density at radius 1 is 1.15 bits per heavy atom. The number of carbonyl (C=O) groups excluding carboxylic acids is 3. The van der Waals surface area contributed by atoms with Gasteiger partial charge in [0.2, 0.25) is 11.8 Å². The Hall–Kier alpha value is -2.67. The lowest BCUT2D eigenvalue weighted by atomic mass is 9.93. The van der Waals surface area contributed by atoms with Crippen molar-refractivity contribution in [2.75, 3.05) is 19.8 Å². The molecule has 0 saturated carbocycles. The van der Waals surface area contributed by atoms with Crippen LogP contribution in [0.25, 0.3) is 0 Å². The first-order valence-corrected chi connectivity index (χ1v) is 11.9. The Morgan fingerprint density at radius 2 is 1.85 bits per heavy atom. The Bertz CT molecular complexity index is 851. The second-order valence-corrected chi connectivity index (χ2v) is 9.78. The maximum Gasteiger partial charge on any atom is 0.309 e. The van der Waals surface area contributed by atoms with Gasteiger partial charge in [-0.05, 0) is 51.5 Å². The minimum atomic E-state index is -0.754. The van der Waals surface area contributed by atoms with Crippen LogP contribution in [-0.2, 0) is 25.5 Å². The number of nitrogens with one attached hydrogen (secondary N) is 1. The number of amides is 2. The first-order valence-electron chi connectivity index (χ1n) is 11.9. The first kappa shape index (κ1) is 25.0. The number of hydrogen-bond acceptors (Lipinski definition) is 5. The minimum absolute atomic E-state index is 0.0519. The molecule has 180 valence electrons. The summed E-state index contributed by atoms with van der Waals surface area (Å²) in [5.41, 5.74) is 0.315. The van der Waals surface area contributed by atoms with E-state index in [1.54, 1.807) is 4.90 Å². The number of hydrogen-bond donors (Lipinski definition) is 2. The molecule has 0 spiro atoms. The van der Waals surface area contributed by atoms with Crippen LogP contribution >= 0.6 is 0 Å². The highest BCUT2D eigenvalue weighted by atomic mass is 16.5. The van der Waals surface area contributed by atoms with Gasteiger partial charge in [0.15, 0.2) is 0 Å². The van der Waals surface area contributed by atoms with Crippen LogP contribution in [0.1, 0.15) is 51.5 Å². The molecule has 0 unspecified atom stereocenters. The van der Waals surface area contributed by atoms with Crippen LogP contribution in [0.2, 0.25) is 0 Å². The van der Waals surface area contributed by atoms with Crippen molar-refractivity contribution >= 4 is 17.8 Å². The number of carbonyl (C=O) groups is 3. The third-order valence-electron chi connectivity index (χ3n) is 6.40. The van der Waals surface area contributed by atoms with Crippen molar-refractivity contribution in [1.29, 1.82) is 0 Å². The number of esters is 1. The van der Waals surface area contributed by atoms with Crippen LogP contribution in [0.3, 0.4) is 0 Å². The molecule has 3 atom stereocenters. The van der Waals surface area contributed by atoms with E-state index in [9.17, 15) is 19.5 Å². The second kappa shape index (κ2) is 11.5. The zero-order chi connectivity index (χ0) is 23.8. The molecule has 0 radical (unpaired) electrons. The number of likely N-dealkylation sites (tertiary alicyclic amines) is 1. The predicted octanol–water partition coefficient (Wildman–Crippen LogP) is 2.62. The van der Waals surface area contributed by atoms with Gasteiger partial charge in [0.1, 0.15) is 6.61 Å². The number of nitrogens with zero attached hydrogens (tertiary/aromatic N) is 1. The maximum absolute atomic E-state index is 13.0. The number of aliphatic hydroxyl groups is 1. The quantitative estimate of drug-likeness (QED) is 0.525. The third-order valence-corrected chi connectivity index (χ3v) is 6.40. The monoisotopic (exact) mass is 456 g/mol. The van der Waals surface area contributed by atoms with Crippen LogP contribution in [0, 0.1) is 11.8 Å². The lowest BCUT2D eigenvalue weighted by Crippen LogP contribution is -2.50. The fourth-order valence-corrected chi connectivity index (χ4v) is 4.49. The highest BCUT2D eigenvalue weighted by Gasteiger charge is 2.33. The first-order chi connectivity index (χ1) is 15.8. The topological polar surface area (TPSA) is 95.9 Å². The smallest absolute Gasteiger partial charge is 0.309 e. The van der Waals surface area contributed by atoms with Gasteiger partial charge in [-0.1, -0.05) is 42.5 Å². The summed E-state index contributed by atoms with van der Waals surface area (Å²) >= 11 is 0. The molecule has 1 saturated heterocycles. The standard InChI is InChI=1S/C26H36N2O5/c1-26(2)18-33-25(32)21(15-19-9-4-3-5-10-19)12-7-6-11-20(24(31)27-26)16-23(30)28-14-8-13-22(28)17-29/h3-7,9-10,20-22,29H,8,11-18H2,1-2H3,(H,27,31)/t20-,21-,22+/m1/s1. The molecule has 7 nitrogen and oxygen atoms in total. The normalized spacial score (nSPS) is 26.2. The minimum Gasteiger partial charge on any atom is -0.463 e. The van der Waals surface area contributed by atoms with Crippen molar-refractivity contribution in [2.24, 2.45) is 11.8 Å². The van der Waals surface area contributed by atoms with E-state index in [1.165, 1.54) is 0 Å². The van der Waals surface area contributed by atoms with Crippen LogP contribution < -0.4 is 5.32 Å². The molecule has 0 aromatic heterocycles. The molecular weight excluding hydrogens is 420 g/mol. The number of allylic oxidation sites excluding steroid dienone is 2. The summed E-state index contributed by atoms with van der Waals surface area (Å²) in [7, 11) is 0. The Labute approximate surface area is 196 Å². The molecule has 0 bridgehead atoms. The number of ether oxygens (including phenoxy) is 1. The Balaban J connectivity index is 1.73. The van der Waals surface area contributed by atoms with Crippen LogP contribution in [0.5, 0.6) is 0 Å². The van der Waals surface area contributed by atoms with E-state index in [0.717, 1.165) is 18.4 Å². The average Bonchev–Trinajstić information content (AvgIpc) is 3.27. The van der Waals surface area contributed by atoms with E-state index in [1.807, 2.05) is 56.3 Å². The number of cyclic esters (lactones) is 1. The van der Waals surface area contributed by atoms with E-state index in [-0.39, 0.29) is 49.4 Å². The Morgan fingerprint density at radius 3 is 2.55 bits per heavy atom. The van der Waals surface area contributed by atoms with Gasteiger partial charge in [-0.3, -0.25) is 14.4 Å². The van der Waals surface area contributed by atoms with Crippen LogP contribution in [-0.4, -0.2) is 59.1 Å². The maximum atomic E-state index is 13.0.